The number of nitrogens with zero attached hydrogens (tertiary/aromatic N) is 1. The lowest BCUT2D eigenvalue weighted by Gasteiger charge is -2.24. The van der Waals surface area contributed by atoms with Crippen molar-refractivity contribution in [1.82, 2.24) is 0 Å². The van der Waals surface area contributed by atoms with Gasteiger partial charge in [-0.2, -0.15) is 0 Å². The summed E-state index contributed by atoms with van der Waals surface area (Å²) in [5.74, 6) is 0. The SMILES string of the molecule is CCCN(CC)c1ccc([C@H](C)N)cc1Br. The summed E-state index contributed by atoms with van der Waals surface area (Å²) in [6.45, 7) is 8.51. The Morgan fingerprint density at radius 1 is 1.38 bits per heavy atom. The second kappa shape index (κ2) is 6.26. The van der Waals surface area contributed by atoms with Crippen molar-refractivity contribution in [2.75, 3.05) is 18.0 Å². The molecule has 0 aliphatic carbocycles. The first-order valence-electron chi connectivity index (χ1n) is 5.90. The molecule has 1 atom stereocenters. The van der Waals surface area contributed by atoms with Gasteiger partial charge < -0.3 is 10.6 Å². The van der Waals surface area contributed by atoms with E-state index in [4.69, 9.17) is 5.73 Å². The summed E-state index contributed by atoms with van der Waals surface area (Å²) in [5, 5.41) is 0. The molecule has 0 aliphatic heterocycles. The Balaban J connectivity index is 2.96. The van der Waals surface area contributed by atoms with Gasteiger partial charge in [0.15, 0.2) is 0 Å². The molecule has 1 aromatic rings. The van der Waals surface area contributed by atoms with E-state index in [1.807, 2.05) is 6.92 Å². The van der Waals surface area contributed by atoms with Gasteiger partial charge in [-0.05, 0) is 53.9 Å². The minimum absolute atomic E-state index is 0.0894. The fraction of sp³-hybridized carbons (Fsp3) is 0.538. The first kappa shape index (κ1) is 13.5. The number of hydrogen-bond donors (Lipinski definition) is 1. The van der Waals surface area contributed by atoms with Crippen LogP contribution in [0.1, 0.15) is 38.8 Å². The highest BCUT2D eigenvalue weighted by atomic mass is 79.9. The first-order valence-corrected chi connectivity index (χ1v) is 6.69. The van der Waals surface area contributed by atoms with Crippen LogP contribution in [0.4, 0.5) is 5.69 Å². The van der Waals surface area contributed by atoms with Crippen molar-refractivity contribution in [2.24, 2.45) is 5.73 Å². The zero-order valence-corrected chi connectivity index (χ0v) is 11.9. The zero-order chi connectivity index (χ0) is 12.1. The molecular weight excluding hydrogens is 264 g/mol. The van der Waals surface area contributed by atoms with Gasteiger partial charge in [-0.1, -0.05) is 13.0 Å². The van der Waals surface area contributed by atoms with E-state index in [-0.39, 0.29) is 6.04 Å². The summed E-state index contributed by atoms with van der Waals surface area (Å²) >= 11 is 3.63. The van der Waals surface area contributed by atoms with Gasteiger partial charge in [-0.3, -0.25) is 0 Å². The molecule has 0 unspecified atom stereocenters. The summed E-state index contributed by atoms with van der Waals surface area (Å²) in [6.07, 6.45) is 1.16. The Labute approximate surface area is 107 Å². The third-order valence-corrected chi connectivity index (χ3v) is 3.35. The summed E-state index contributed by atoms with van der Waals surface area (Å²) in [6, 6.07) is 6.48. The molecule has 0 aromatic heterocycles. The highest BCUT2D eigenvalue weighted by molar-refractivity contribution is 9.10. The summed E-state index contributed by atoms with van der Waals surface area (Å²) in [4.78, 5) is 2.37. The molecule has 0 spiro atoms. The number of anilines is 1. The molecule has 0 saturated heterocycles. The zero-order valence-electron chi connectivity index (χ0n) is 10.3. The van der Waals surface area contributed by atoms with Gasteiger partial charge in [-0.15, -0.1) is 0 Å². The predicted octanol–water partition coefficient (Wildman–Crippen LogP) is 3.71. The standard InChI is InChI=1S/C13H21BrN2/c1-4-8-16(5-2)13-7-6-11(10(3)15)9-12(13)14/h6-7,9-10H,4-5,8,15H2,1-3H3/t10-/m0/s1. The molecular formula is C13H21BrN2. The Bertz CT molecular complexity index is 337. The molecule has 0 radical (unpaired) electrons. The van der Waals surface area contributed by atoms with E-state index >= 15 is 0 Å². The highest BCUT2D eigenvalue weighted by Crippen LogP contribution is 2.29. The molecule has 0 saturated carbocycles. The van der Waals surface area contributed by atoms with Crippen LogP contribution in [0, 0.1) is 0 Å². The van der Waals surface area contributed by atoms with E-state index in [0.717, 1.165) is 24.0 Å². The molecule has 90 valence electrons. The number of benzene rings is 1. The van der Waals surface area contributed by atoms with Crippen LogP contribution in [0.2, 0.25) is 0 Å². The van der Waals surface area contributed by atoms with Crippen molar-refractivity contribution in [1.29, 1.82) is 0 Å². The van der Waals surface area contributed by atoms with Gasteiger partial charge in [0.2, 0.25) is 0 Å². The van der Waals surface area contributed by atoms with Crippen LogP contribution in [-0.4, -0.2) is 13.1 Å². The van der Waals surface area contributed by atoms with Crippen molar-refractivity contribution < 1.29 is 0 Å². The summed E-state index contributed by atoms with van der Waals surface area (Å²) in [5.41, 5.74) is 8.29. The molecule has 3 heteroatoms. The summed E-state index contributed by atoms with van der Waals surface area (Å²) in [7, 11) is 0. The quantitative estimate of drug-likeness (QED) is 0.893. The van der Waals surface area contributed by atoms with Crippen molar-refractivity contribution >= 4 is 21.6 Å². The number of halogens is 1. The largest absolute Gasteiger partial charge is 0.371 e. The van der Waals surface area contributed by atoms with Crippen molar-refractivity contribution in [3.8, 4) is 0 Å². The van der Waals surface area contributed by atoms with Crippen LogP contribution in [0.25, 0.3) is 0 Å². The number of nitrogens with two attached hydrogens (primary N) is 1. The smallest absolute Gasteiger partial charge is 0.0510 e. The molecule has 0 amide bonds. The second-order valence-corrected chi connectivity index (χ2v) is 4.93. The second-order valence-electron chi connectivity index (χ2n) is 4.08. The first-order chi connectivity index (χ1) is 7.60. The fourth-order valence-corrected chi connectivity index (χ4v) is 2.43. The molecule has 2 nitrogen and oxygen atoms in total. The maximum atomic E-state index is 5.87. The van der Waals surface area contributed by atoms with E-state index in [1.165, 1.54) is 11.3 Å². The van der Waals surface area contributed by atoms with E-state index in [2.05, 4.69) is 52.9 Å². The van der Waals surface area contributed by atoms with Crippen LogP contribution < -0.4 is 10.6 Å². The average molecular weight is 285 g/mol. The van der Waals surface area contributed by atoms with Crippen LogP contribution in [-0.2, 0) is 0 Å². The number of hydrogen-bond acceptors (Lipinski definition) is 2. The Morgan fingerprint density at radius 2 is 2.06 bits per heavy atom. The average Bonchev–Trinajstić information content (AvgIpc) is 2.26. The van der Waals surface area contributed by atoms with E-state index in [1.54, 1.807) is 0 Å². The number of rotatable bonds is 5. The van der Waals surface area contributed by atoms with Gasteiger partial charge in [-0.25, -0.2) is 0 Å². The topological polar surface area (TPSA) is 29.3 Å². The van der Waals surface area contributed by atoms with Crippen molar-refractivity contribution in [3.05, 3.63) is 28.2 Å². The van der Waals surface area contributed by atoms with Crippen LogP contribution in [0.3, 0.4) is 0 Å². The Hall–Kier alpha value is -0.540. The molecule has 2 N–H and O–H groups in total. The van der Waals surface area contributed by atoms with Crippen LogP contribution >= 0.6 is 15.9 Å². The maximum absolute atomic E-state index is 5.87. The van der Waals surface area contributed by atoms with Gasteiger partial charge in [0.1, 0.15) is 0 Å². The highest BCUT2D eigenvalue weighted by Gasteiger charge is 2.09. The third-order valence-electron chi connectivity index (χ3n) is 2.71. The minimum atomic E-state index is 0.0894. The van der Waals surface area contributed by atoms with Gasteiger partial charge in [0.05, 0.1) is 5.69 Å². The summed E-state index contributed by atoms with van der Waals surface area (Å²) < 4.78 is 1.14. The normalized spacial score (nSPS) is 12.6. The molecule has 1 rings (SSSR count). The van der Waals surface area contributed by atoms with Gasteiger partial charge >= 0.3 is 0 Å². The Morgan fingerprint density at radius 3 is 2.50 bits per heavy atom. The van der Waals surface area contributed by atoms with E-state index in [0.29, 0.717) is 0 Å². The molecule has 0 bridgehead atoms. The lowest BCUT2D eigenvalue weighted by molar-refractivity contribution is 0.785. The predicted molar refractivity (Wildman–Crippen MR) is 74.9 cm³/mol. The molecule has 0 heterocycles. The monoisotopic (exact) mass is 284 g/mol. The Kier molecular flexibility index (Phi) is 5.29. The maximum Gasteiger partial charge on any atom is 0.0510 e. The van der Waals surface area contributed by atoms with Gasteiger partial charge in [0, 0.05) is 23.6 Å². The van der Waals surface area contributed by atoms with Crippen molar-refractivity contribution in [3.63, 3.8) is 0 Å². The van der Waals surface area contributed by atoms with E-state index < -0.39 is 0 Å². The van der Waals surface area contributed by atoms with Crippen molar-refractivity contribution in [2.45, 2.75) is 33.2 Å². The van der Waals surface area contributed by atoms with Crippen LogP contribution in [0.15, 0.2) is 22.7 Å². The minimum Gasteiger partial charge on any atom is -0.371 e. The lowest BCUT2D eigenvalue weighted by atomic mass is 10.1. The van der Waals surface area contributed by atoms with E-state index in [9.17, 15) is 0 Å². The molecule has 0 fully saturated rings. The third kappa shape index (κ3) is 3.22. The van der Waals surface area contributed by atoms with Gasteiger partial charge in [0.25, 0.3) is 0 Å². The molecule has 1 aromatic carbocycles. The molecule has 0 aliphatic rings. The molecule has 16 heavy (non-hydrogen) atoms. The fourth-order valence-electron chi connectivity index (χ4n) is 1.78. The van der Waals surface area contributed by atoms with Crippen LogP contribution in [0.5, 0.6) is 0 Å². The lowest BCUT2D eigenvalue weighted by Crippen LogP contribution is -2.23.